The maximum atomic E-state index is 12.3. The van der Waals surface area contributed by atoms with Gasteiger partial charge in [0.05, 0.1) is 4.90 Å². The van der Waals surface area contributed by atoms with Crippen molar-refractivity contribution in [1.82, 2.24) is 4.31 Å². The molecule has 0 spiro atoms. The van der Waals surface area contributed by atoms with Crippen LogP contribution >= 0.6 is 0 Å². The van der Waals surface area contributed by atoms with Crippen LogP contribution in [-0.4, -0.2) is 32.7 Å². The van der Waals surface area contributed by atoms with Gasteiger partial charge in [0.15, 0.2) is 0 Å². The summed E-state index contributed by atoms with van der Waals surface area (Å²) in [6.45, 7) is 2.01. The normalized spacial score (nSPS) is 11.5. The van der Waals surface area contributed by atoms with E-state index in [2.05, 4.69) is 5.32 Å². The molecule has 0 saturated carbocycles. The Kier molecular flexibility index (Phi) is 5.26. The molecule has 0 atom stereocenters. The topological polar surface area (TPSA) is 92.5 Å². The van der Waals surface area contributed by atoms with E-state index in [1.165, 1.54) is 38.4 Å². The minimum Gasteiger partial charge on any atom is -0.398 e. The second-order valence-corrected chi connectivity index (χ2v) is 7.68. The fourth-order valence-corrected chi connectivity index (χ4v) is 3.09. The van der Waals surface area contributed by atoms with E-state index in [9.17, 15) is 13.2 Å². The number of anilines is 2. The molecule has 2 aromatic rings. The minimum absolute atomic E-state index is 0.139. The molecule has 2 rings (SSSR count). The second-order valence-electron chi connectivity index (χ2n) is 5.53. The number of sulfonamides is 1. The van der Waals surface area contributed by atoms with Crippen molar-refractivity contribution < 1.29 is 13.2 Å². The first-order valence-corrected chi connectivity index (χ1v) is 8.92. The van der Waals surface area contributed by atoms with Crippen molar-refractivity contribution in [3.63, 3.8) is 0 Å². The monoisotopic (exact) mass is 347 g/mol. The van der Waals surface area contributed by atoms with E-state index in [0.717, 1.165) is 16.3 Å². The number of carbonyl (C=O) groups excluding carboxylic acids is 1. The Morgan fingerprint density at radius 3 is 2.25 bits per heavy atom. The lowest BCUT2D eigenvalue weighted by Crippen LogP contribution is -2.22. The molecule has 0 fully saturated rings. The maximum absolute atomic E-state index is 12.3. The molecule has 24 heavy (non-hydrogen) atoms. The van der Waals surface area contributed by atoms with E-state index in [1.54, 1.807) is 12.1 Å². The van der Waals surface area contributed by atoms with Crippen LogP contribution < -0.4 is 11.1 Å². The van der Waals surface area contributed by atoms with Gasteiger partial charge in [-0.05, 0) is 48.4 Å². The number of nitrogens with one attached hydrogen (secondary N) is 1. The van der Waals surface area contributed by atoms with Crippen molar-refractivity contribution in [3.05, 3.63) is 53.6 Å². The number of nitrogen functional groups attached to an aromatic ring is 1. The van der Waals surface area contributed by atoms with Gasteiger partial charge in [0.25, 0.3) is 5.91 Å². The minimum atomic E-state index is -3.51. The van der Waals surface area contributed by atoms with Crippen LogP contribution in [0.15, 0.2) is 47.4 Å². The molecule has 0 saturated heterocycles. The van der Waals surface area contributed by atoms with Crippen molar-refractivity contribution in [2.75, 3.05) is 25.1 Å². The van der Waals surface area contributed by atoms with Crippen LogP contribution in [0, 0.1) is 0 Å². The van der Waals surface area contributed by atoms with E-state index in [-0.39, 0.29) is 10.8 Å². The van der Waals surface area contributed by atoms with Crippen LogP contribution in [0.3, 0.4) is 0 Å². The molecule has 0 aromatic heterocycles. The van der Waals surface area contributed by atoms with Crippen molar-refractivity contribution in [3.8, 4) is 0 Å². The summed E-state index contributed by atoms with van der Waals surface area (Å²) in [5.74, 6) is -0.326. The molecule has 3 N–H and O–H groups in total. The number of nitrogens with two attached hydrogens (primary N) is 1. The molecule has 0 heterocycles. The average molecular weight is 347 g/mol. The Morgan fingerprint density at radius 1 is 1.12 bits per heavy atom. The number of rotatable bonds is 5. The van der Waals surface area contributed by atoms with Crippen molar-refractivity contribution in [2.45, 2.75) is 18.2 Å². The average Bonchev–Trinajstić information content (AvgIpc) is 2.55. The first-order chi connectivity index (χ1) is 11.3. The highest BCUT2D eigenvalue weighted by Crippen LogP contribution is 2.20. The summed E-state index contributed by atoms with van der Waals surface area (Å²) < 4.78 is 25.2. The van der Waals surface area contributed by atoms with Crippen molar-refractivity contribution >= 4 is 27.3 Å². The Bertz CT molecular complexity index is 844. The summed E-state index contributed by atoms with van der Waals surface area (Å²) >= 11 is 0. The largest absolute Gasteiger partial charge is 0.398 e. The lowest BCUT2D eigenvalue weighted by Gasteiger charge is -2.12. The van der Waals surface area contributed by atoms with Gasteiger partial charge in [-0.1, -0.05) is 13.0 Å². The number of amides is 1. The van der Waals surface area contributed by atoms with Crippen LogP contribution in [0.5, 0.6) is 0 Å². The summed E-state index contributed by atoms with van der Waals surface area (Å²) in [6, 6.07) is 11.2. The number of benzene rings is 2. The van der Waals surface area contributed by atoms with Gasteiger partial charge in [0.1, 0.15) is 0 Å². The Balaban J connectivity index is 2.18. The molecule has 128 valence electrons. The maximum Gasteiger partial charge on any atom is 0.255 e. The van der Waals surface area contributed by atoms with Gasteiger partial charge < -0.3 is 11.1 Å². The molecular formula is C17H21N3O3S. The van der Waals surface area contributed by atoms with Crippen molar-refractivity contribution in [1.29, 1.82) is 0 Å². The molecule has 0 bridgehead atoms. The third kappa shape index (κ3) is 3.74. The lowest BCUT2D eigenvalue weighted by molar-refractivity contribution is 0.102. The molecular weight excluding hydrogens is 326 g/mol. The van der Waals surface area contributed by atoms with Crippen LogP contribution in [-0.2, 0) is 16.4 Å². The summed E-state index contributed by atoms with van der Waals surface area (Å²) in [4.78, 5) is 12.4. The van der Waals surface area contributed by atoms with Gasteiger partial charge >= 0.3 is 0 Å². The van der Waals surface area contributed by atoms with E-state index in [1.807, 2.05) is 13.0 Å². The third-order valence-electron chi connectivity index (χ3n) is 3.68. The zero-order valence-electron chi connectivity index (χ0n) is 13.9. The first-order valence-electron chi connectivity index (χ1n) is 7.48. The van der Waals surface area contributed by atoms with E-state index in [4.69, 9.17) is 5.73 Å². The number of nitrogens with zero attached hydrogens (tertiary/aromatic N) is 1. The molecule has 7 heteroatoms. The number of hydrogen-bond acceptors (Lipinski definition) is 4. The molecule has 1 amide bonds. The second kappa shape index (κ2) is 7.02. The van der Waals surface area contributed by atoms with Crippen LogP contribution in [0.4, 0.5) is 11.4 Å². The van der Waals surface area contributed by atoms with E-state index in [0.29, 0.717) is 16.9 Å². The molecule has 0 radical (unpaired) electrons. The van der Waals surface area contributed by atoms with Gasteiger partial charge in [-0.3, -0.25) is 4.79 Å². The highest BCUT2D eigenvalue weighted by molar-refractivity contribution is 7.89. The lowest BCUT2D eigenvalue weighted by atomic mass is 10.1. The summed E-state index contributed by atoms with van der Waals surface area (Å²) in [6.07, 6.45) is 0.821. The van der Waals surface area contributed by atoms with Crippen LogP contribution in [0.1, 0.15) is 22.8 Å². The summed E-state index contributed by atoms with van der Waals surface area (Å²) in [5, 5.41) is 2.75. The van der Waals surface area contributed by atoms with E-state index >= 15 is 0 Å². The zero-order chi connectivity index (χ0) is 17.9. The Hall–Kier alpha value is -2.38. The number of aryl methyl sites for hydroxylation is 1. The standard InChI is InChI=1S/C17H21N3O3S/c1-4-12-5-8-14(11-16(12)18)19-17(21)13-6-9-15(10-7-13)24(22,23)20(2)3/h5-11H,4,18H2,1-3H3,(H,19,21). The first kappa shape index (κ1) is 18.0. The quantitative estimate of drug-likeness (QED) is 0.812. The number of carbonyl (C=O) groups is 1. The van der Waals surface area contributed by atoms with Gasteiger partial charge in [0, 0.05) is 31.0 Å². The smallest absolute Gasteiger partial charge is 0.255 e. The molecule has 2 aromatic carbocycles. The highest BCUT2D eigenvalue weighted by Gasteiger charge is 2.17. The third-order valence-corrected chi connectivity index (χ3v) is 5.51. The van der Waals surface area contributed by atoms with Crippen LogP contribution in [0.25, 0.3) is 0 Å². The van der Waals surface area contributed by atoms with E-state index < -0.39 is 10.0 Å². The Morgan fingerprint density at radius 2 is 1.75 bits per heavy atom. The SMILES string of the molecule is CCc1ccc(NC(=O)c2ccc(S(=O)(=O)N(C)C)cc2)cc1N. The molecule has 6 nitrogen and oxygen atoms in total. The van der Waals surface area contributed by atoms with Gasteiger partial charge in [0.2, 0.25) is 10.0 Å². The predicted octanol–water partition coefficient (Wildman–Crippen LogP) is 2.33. The van der Waals surface area contributed by atoms with Gasteiger partial charge in [-0.25, -0.2) is 12.7 Å². The Labute approximate surface area is 142 Å². The van der Waals surface area contributed by atoms with Crippen molar-refractivity contribution in [2.24, 2.45) is 0 Å². The fraction of sp³-hybridized carbons (Fsp3) is 0.235. The zero-order valence-corrected chi connectivity index (χ0v) is 14.7. The highest BCUT2D eigenvalue weighted by atomic mass is 32.2. The predicted molar refractivity (Wildman–Crippen MR) is 95.5 cm³/mol. The molecule has 0 aliphatic heterocycles. The molecule has 0 aliphatic carbocycles. The fourth-order valence-electron chi connectivity index (χ4n) is 2.19. The summed E-state index contributed by atoms with van der Waals surface area (Å²) in [7, 11) is -0.589. The van der Waals surface area contributed by atoms with Gasteiger partial charge in [-0.2, -0.15) is 0 Å². The number of hydrogen-bond donors (Lipinski definition) is 2. The van der Waals surface area contributed by atoms with Gasteiger partial charge in [-0.15, -0.1) is 0 Å². The molecule has 0 unspecified atom stereocenters. The molecule has 0 aliphatic rings. The summed E-state index contributed by atoms with van der Waals surface area (Å²) in [5.41, 5.74) is 8.53. The van der Waals surface area contributed by atoms with Crippen LogP contribution in [0.2, 0.25) is 0 Å².